The first-order valence-electron chi connectivity index (χ1n) is 5.26. The van der Waals surface area contributed by atoms with Gasteiger partial charge in [-0.1, -0.05) is 12.1 Å². The molecule has 2 aliphatic rings. The van der Waals surface area contributed by atoms with Crippen molar-refractivity contribution in [3.63, 3.8) is 0 Å². The Morgan fingerprint density at radius 3 is 2.62 bits per heavy atom. The topological polar surface area (TPSA) is 23.8 Å². The Morgan fingerprint density at radius 2 is 2.06 bits per heavy atom. The number of fused-ring (bicyclic) bond motifs is 1. The maximum absolute atomic E-state index is 13.0. The fourth-order valence-corrected chi connectivity index (χ4v) is 2.54. The van der Waals surface area contributed by atoms with E-state index < -0.39 is 11.6 Å². The number of nitrogens with zero attached hydrogens (tertiary/aromatic N) is 1. The summed E-state index contributed by atoms with van der Waals surface area (Å²) in [5.74, 6) is -0.728. The summed E-state index contributed by atoms with van der Waals surface area (Å²) in [7, 11) is 0. The van der Waals surface area contributed by atoms with E-state index in [2.05, 4.69) is 6.07 Å². The van der Waals surface area contributed by atoms with Crippen LogP contribution < -0.4 is 0 Å². The number of halogens is 2. The summed E-state index contributed by atoms with van der Waals surface area (Å²) in [5.41, 5.74) is 1.78. The van der Waals surface area contributed by atoms with Crippen molar-refractivity contribution in [2.45, 2.75) is 6.42 Å². The molecule has 0 N–H and O–H groups in total. The molecule has 0 saturated heterocycles. The average molecular weight is 217 g/mol. The van der Waals surface area contributed by atoms with Crippen LogP contribution in [0.15, 0.2) is 24.3 Å². The highest BCUT2D eigenvalue weighted by Gasteiger charge is 2.52. The lowest BCUT2D eigenvalue weighted by molar-refractivity contribution is 0.508. The molecule has 16 heavy (non-hydrogen) atoms. The average Bonchev–Trinajstić information content (AvgIpc) is 2.74. The highest BCUT2D eigenvalue weighted by atomic mass is 19.2. The van der Waals surface area contributed by atoms with Crippen molar-refractivity contribution in [2.75, 3.05) is 0 Å². The molecule has 80 valence electrons. The third kappa shape index (κ3) is 1.26. The van der Waals surface area contributed by atoms with Gasteiger partial charge in [0.25, 0.3) is 0 Å². The lowest BCUT2D eigenvalue weighted by atomic mass is 10.0. The van der Waals surface area contributed by atoms with Gasteiger partial charge in [0.05, 0.1) is 12.0 Å². The lowest BCUT2D eigenvalue weighted by Crippen LogP contribution is -1.90. The molecule has 3 rings (SSSR count). The monoisotopic (exact) mass is 217 g/mol. The highest BCUT2D eigenvalue weighted by molar-refractivity contribution is 5.70. The Balaban J connectivity index is 1.88. The molecule has 0 bridgehead atoms. The number of rotatable bonds is 1. The molecular formula is C13H9F2N. The summed E-state index contributed by atoms with van der Waals surface area (Å²) in [6, 6.07) is 6.23. The number of benzene rings is 1. The summed E-state index contributed by atoms with van der Waals surface area (Å²) in [5, 5.41) is 8.76. The van der Waals surface area contributed by atoms with E-state index in [1.54, 1.807) is 6.07 Å². The number of hydrogen-bond acceptors (Lipinski definition) is 1. The van der Waals surface area contributed by atoms with Gasteiger partial charge < -0.3 is 0 Å². The van der Waals surface area contributed by atoms with Crippen molar-refractivity contribution in [2.24, 2.45) is 17.8 Å². The normalized spacial score (nSPS) is 30.6. The van der Waals surface area contributed by atoms with Crippen molar-refractivity contribution in [1.29, 1.82) is 5.26 Å². The Kier molecular flexibility index (Phi) is 1.88. The van der Waals surface area contributed by atoms with Crippen LogP contribution in [0.25, 0.3) is 5.57 Å². The van der Waals surface area contributed by atoms with Gasteiger partial charge in [0.1, 0.15) is 0 Å². The van der Waals surface area contributed by atoms with Crippen LogP contribution in [0.3, 0.4) is 0 Å². The van der Waals surface area contributed by atoms with E-state index in [0.29, 0.717) is 11.8 Å². The molecular weight excluding hydrogens is 208 g/mol. The summed E-state index contributed by atoms with van der Waals surface area (Å²) in [6.07, 6.45) is 2.85. The summed E-state index contributed by atoms with van der Waals surface area (Å²) < 4.78 is 25.8. The molecule has 0 amide bonds. The molecule has 0 aromatic heterocycles. The SMILES string of the molecule is N#C[C@@H]1[C@H]2C=C(c3ccc(F)c(F)c3)C[C@@H]12. The molecule has 1 aromatic rings. The Labute approximate surface area is 92.0 Å². The highest BCUT2D eigenvalue weighted by Crippen LogP contribution is 2.57. The Hall–Kier alpha value is -1.69. The van der Waals surface area contributed by atoms with Crippen molar-refractivity contribution in [1.82, 2.24) is 0 Å². The zero-order valence-electron chi connectivity index (χ0n) is 8.45. The third-order valence-corrected chi connectivity index (χ3v) is 3.52. The maximum atomic E-state index is 13.0. The van der Waals surface area contributed by atoms with Gasteiger partial charge in [0.15, 0.2) is 11.6 Å². The van der Waals surface area contributed by atoms with E-state index in [9.17, 15) is 8.78 Å². The smallest absolute Gasteiger partial charge is 0.159 e. The first-order valence-corrected chi connectivity index (χ1v) is 5.26. The summed E-state index contributed by atoms with van der Waals surface area (Å²) in [6.45, 7) is 0. The predicted octanol–water partition coefficient (Wildman–Crippen LogP) is 3.14. The largest absolute Gasteiger partial charge is 0.204 e. The predicted molar refractivity (Wildman–Crippen MR) is 55.0 cm³/mol. The van der Waals surface area contributed by atoms with Crippen molar-refractivity contribution < 1.29 is 8.78 Å². The second kappa shape index (κ2) is 3.15. The molecule has 0 spiro atoms. The molecule has 0 unspecified atom stereocenters. The van der Waals surface area contributed by atoms with Crippen LogP contribution in [0.5, 0.6) is 0 Å². The minimum Gasteiger partial charge on any atom is -0.204 e. The molecule has 2 aliphatic carbocycles. The zero-order chi connectivity index (χ0) is 11.3. The number of allylic oxidation sites excluding steroid dienone is 2. The Bertz CT molecular complexity index is 527. The molecule has 0 heterocycles. The van der Waals surface area contributed by atoms with Crippen LogP contribution in [0.2, 0.25) is 0 Å². The standard InChI is InChI=1S/C13H9F2N/c14-12-2-1-7(5-13(12)15)8-3-9-10(4-8)11(9)6-16/h1-3,5,9-11H,4H2/t9-,10+,11+/m0/s1. The molecule has 1 fully saturated rings. The van der Waals surface area contributed by atoms with E-state index in [1.165, 1.54) is 6.07 Å². The zero-order valence-corrected chi connectivity index (χ0v) is 8.45. The van der Waals surface area contributed by atoms with E-state index in [4.69, 9.17) is 5.26 Å². The summed E-state index contributed by atoms with van der Waals surface area (Å²) >= 11 is 0. The van der Waals surface area contributed by atoms with Gasteiger partial charge in [-0.25, -0.2) is 8.78 Å². The second-order valence-electron chi connectivity index (χ2n) is 4.42. The van der Waals surface area contributed by atoms with Gasteiger partial charge in [-0.2, -0.15) is 5.26 Å². The quantitative estimate of drug-likeness (QED) is 0.708. The van der Waals surface area contributed by atoms with Crippen LogP contribution in [0.1, 0.15) is 12.0 Å². The minimum absolute atomic E-state index is 0.147. The second-order valence-corrected chi connectivity index (χ2v) is 4.42. The fourth-order valence-electron chi connectivity index (χ4n) is 2.54. The molecule has 0 aliphatic heterocycles. The van der Waals surface area contributed by atoms with E-state index in [-0.39, 0.29) is 5.92 Å². The van der Waals surface area contributed by atoms with Gasteiger partial charge in [-0.3, -0.25) is 0 Å². The lowest BCUT2D eigenvalue weighted by Gasteiger charge is -2.05. The van der Waals surface area contributed by atoms with Crippen molar-refractivity contribution >= 4 is 5.57 Å². The number of hydrogen-bond donors (Lipinski definition) is 0. The minimum atomic E-state index is -0.817. The number of nitriles is 1. The van der Waals surface area contributed by atoms with Crippen LogP contribution >= 0.6 is 0 Å². The van der Waals surface area contributed by atoms with Crippen LogP contribution in [-0.2, 0) is 0 Å². The van der Waals surface area contributed by atoms with E-state index in [0.717, 1.165) is 23.6 Å². The molecule has 1 nitrogen and oxygen atoms in total. The molecule has 3 heteroatoms. The van der Waals surface area contributed by atoms with Crippen molar-refractivity contribution in [3.8, 4) is 6.07 Å². The fraction of sp³-hybridized carbons (Fsp3) is 0.308. The summed E-state index contributed by atoms with van der Waals surface area (Å²) in [4.78, 5) is 0. The van der Waals surface area contributed by atoms with E-state index in [1.807, 2.05) is 6.08 Å². The molecule has 0 radical (unpaired) electrons. The first-order chi connectivity index (χ1) is 7.70. The van der Waals surface area contributed by atoms with Gasteiger partial charge in [-0.15, -0.1) is 0 Å². The molecule has 3 atom stereocenters. The molecule has 1 saturated carbocycles. The van der Waals surface area contributed by atoms with Crippen molar-refractivity contribution in [3.05, 3.63) is 41.5 Å². The van der Waals surface area contributed by atoms with Gasteiger partial charge in [-0.05, 0) is 41.5 Å². The maximum Gasteiger partial charge on any atom is 0.159 e. The van der Waals surface area contributed by atoms with Gasteiger partial charge in [0.2, 0.25) is 0 Å². The van der Waals surface area contributed by atoms with Gasteiger partial charge >= 0.3 is 0 Å². The van der Waals surface area contributed by atoms with E-state index >= 15 is 0 Å². The first kappa shape index (κ1) is 9.53. The third-order valence-electron chi connectivity index (χ3n) is 3.52. The molecule has 1 aromatic carbocycles. The van der Waals surface area contributed by atoms with Crippen LogP contribution in [-0.4, -0.2) is 0 Å². The van der Waals surface area contributed by atoms with Crippen LogP contribution in [0, 0.1) is 40.7 Å². The Morgan fingerprint density at radius 1 is 1.25 bits per heavy atom. The van der Waals surface area contributed by atoms with Gasteiger partial charge in [0, 0.05) is 0 Å². The van der Waals surface area contributed by atoms with Crippen LogP contribution in [0.4, 0.5) is 8.78 Å².